The molecule has 1 rings (SSSR count). The van der Waals surface area contributed by atoms with Crippen LogP contribution in [0.2, 0.25) is 0 Å². The van der Waals surface area contributed by atoms with Crippen molar-refractivity contribution in [3.63, 3.8) is 0 Å². The average Bonchev–Trinajstić information content (AvgIpc) is 2.26. The Balaban J connectivity index is 3.00. The van der Waals surface area contributed by atoms with E-state index in [1.54, 1.807) is 12.1 Å². The van der Waals surface area contributed by atoms with Gasteiger partial charge in [0.25, 0.3) is 0 Å². The summed E-state index contributed by atoms with van der Waals surface area (Å²) in [6.45, 7) is 0.221. The highest BCUT2D eigenvalue weighted by molar-refractivity contribution is 7.89. The quantitative estimate of drug-likeness (QED) is 0.456. The molecule has 0 aliphatic carbocycles. The molecule has 0 unspecified atom stereocenters. The molecule has 0 aliphatic heterocycles. The Morgan fingerprint density at radius 3 is 2.31 bits per heavy atom. The SMILES string of the molecule is CN(C)S(=O)(=O)c1ccc(CN=[N+]=[N-])cc1. The van der Waals surface area contributed by atoms with E-state index >= 15 is 0 Å². The Morgan fingerprint density at radius 1 is 1.31 bits per heavy atom. The molecule has 16 heavy (non-hydrogen) atoms. The lowest BCUT2D eigenvalue weighted by atomic mass is 10.2. The fourth-order valence-electron chi connectivity index (χ4n) is 1.09. The summed E-state index contributed by atoms with van der Waals surface area (Å²) >= 11 is 0. The van der Waals surface area contributed by atoms with Crippen LogP contribution in [0.4, 0.5) is 0 Å². The van der Waals surface area contributed by atoms with Crippen molar-refractivity contribution < 1.29 is 8.42 Å². The van der Waals surface area contributed by atoms with Gasteiger partial charge >= 0.3 is 0 Å². The molecule has 0 bridgehead atoms. The highest BCUT2D eigenvalue weighted by Crippen LogP contribution is 2.14. The molecule has 0 aromatic heterocycles. The predicted molar refractivity (Wildman–Crippen MR) is 60.2 cm³/mol. The van der Waals surface area contributed by atoms with E-state index in [0.717, 1.165) is 9.87 Å². The van der Waals surface area contributed by atoms with Gasteiger partial charge in [-0.1, -0.05) is 17.2 Å². The third-order valence-corrected chi connectivity index (χ3v) is 3.85. The van der Waals surface area contributed by atoms with Gasteiger partial charge in [0.1, 0.15) is 0 Å². The van der Waals surface area contributed by atoms with Crippen LogP contribution >= 0.6 is 0 Å². The van der Waals surface area contributed by atoms with Gasteiger partial charge in [-0.2, -0.15) is 0 Å². The number of sulfonamides is 1. The first-order chi connectivity index (χ1) is 7.48. The second kappa shape index (κ2) is 4.98. The van der Waals surface area contributed by atoms with E-state index in [2.05, 4.69) is 10.0 Å². The first-order valence-corrected chi connectivity index (χ1v) is 5.95. The molecule has 0 fully saturated rings. The molecule has 86 valence electrons. The molecule has 0 spiro atoms. The van der Waals surface area contributed by atoms with Crippen LogP contribution in [0.1, 0.15) is 5.56 Å². The minimum Gasteiger partial charge on any atom is -0.207 e. The number of azide groups is 1. The number of nitrogens with zero attached hydrogens (tertiary/aromatic N) is 4. The Morgan fingerprint density at radius 2 is 1.88 bits per heavy atom. The number of rotatable bonds is 4. The van der Waals surface area contributed by atoms with Crippen LogP contribution in [0.5, 0.6) is 0 Å². The average molecular weight is 240 g/mol. The minimum absolute atomic E-state index is 0.221. The topological polar surface area (TPSA) is 86.1 Å². The maximum atomic E-state index is 11.7. The molecule has 0 atom stereocenters. The zero-order chi connectivity index (χ0) is 12.2. The lowest BCUT2D eigenvalue weighted by Gasteiger charge is -2.11. The van der Waals surface area contributed by atoms with Gasteiger partial charge in [0.05, 0.1) is 11.4 Å². The summed E-state index contributed by atoms with van der Waals surface area (Å²) in [6, 6.07) is 6.26. The Kier molecular flexibility index (Phi) is 3.89. The van der Waals surface area contributed by atoms with Crippen LogP contribution < -0.4 is 0 Å². The lowest BCUT2D eigenvalue weighted by Crippen LogP contribution is -2.22. The summed E-state index contributed by atoms with van der Waals surface area (Å²) in [4.78, 5) is 2.85. The van der Waals surface area contributed by atoms with Gasteiger partial charge in [-0.05, 0) is 23.2 Å². The predicted octanol–water partition coefficient (Wildman–Crippen LogP) is 1.75. The summed E-state index contributed by atoms with van der Waals surface area (Å²) in [5.41, 5.74) is 8.91. The van der Waals surface area contributed by atoms with Gasteiger partial charge in [-0.3, -0.25) is 0 Å². The second-order valence-corrected chi connectivity index (χ2v) is 5.47. The van der Waals surface area contributed by atoms with Crippen molar-refractivity contribution >= 4 is 10.0 Å². The number of hydrogen-bond donors (Lipinski definition) is 0. The van der Waals surface area contributed by atoms with Gasteiger partial charge < -0.3 is 0 Å². The maximum Gasteiger partial charge on any atom is 0.242 e. The van der Waals surface area contributed by atoms with E-state index in [4.69, 9.17) is 5.53 Å². The fraction of sp³-hybridized carbons (Fsp3) is 0.333. The molecule has 0 saturated heterocycles. The van der Waals surface area contributed by atoms with Crippen LogP contribution in [0.25, 0.3) is 10.4 Å². The molecule has 0 amide bonds. The van der Waals surface area contributed by atoms with Crippen molar-refractivity contribution in [2.24, 2.45) is 5.11 Å². The molecule has 0 saturated carbocycles. The van der Waals surface area contributed by atoms with Gasteiger partial charge in [-0.25, -0.2) is 12.7 Å². The maximum absolute atomic E-state index is 11.7. The van der Waals surface area contributed by atoms with Crippen LogP contribution in [0, 0.1) is 0 Å². The first-order valence-electron chi connectivity index (χ1n) is 4.51. The van der Waals surface area contributed by atoms with Crippen molar-refractivity contribution in [2.45, 2.75) is 11.4 Å². The Hall–Kier alpha value is -1.56. The van der Waals surface area contributed by atoms with E-state index in [0.29, 0.717) is 0 Å². The van der Waals surface area contributed by atoms with Gasteiger partial charge in [0.15, 0.2) is 0 Å². The molecule has 0 heterocycles. The normalized spacial score (nSPS) is 11.2. The van der Waals surface area contributed by atoms with E-state index in [-0.39, 0.29) is 11.4 Å². The third kappa shape index (κ3) is 2.73. The van der Waals surface area contributed by atoms with E-state index in [9.17, 15) is 8.42 Å². The van der Waals surface area contributed by atoms with Crippen LogP contribution in [0.15, 0.2) is 34.3 Å². The number of benzene rings is 1. The summed E-state index contributed by atoms with van der Waals surface area (Å²) in [5.74, 6) is 0. The molecule has 0 N–H and O–H groups in total. The smallest absolute Gasteiger partial charge is 0.207 e. The standard InChI is InChI=1S/C9H12N4O2S/c1-13(2)16(14,15)9-5-3-8(4-6-9)7-11-12-10/h3-6H,7H2,1-2H3. The molecule has 1 aromatic rings. The zero-order valence-corrected chi connectivity index (χ0v) is 9.85. The highest BCUT2D eigenvalue weighted by Gasteiger charge is 2.16. The van der Waals surface area contributed by atoms with Crippen LogP contribution in [-0.2, 0) is 16.6 Å². The summed E-state index contributed by atoms with van der Waals surface area (Å²) in [7, 11) is -0.433. The zero-order valence-electron chi connectivity index (χ0n) is 9.03. The summed E-state index contributed by atoms with van der Waals surface area (Å²) in [5, 5.41) is 3.39. The second-order valence-electron chi connectivity index (χ2n) is 3.32. The monoisotopic (exact) mass is 240 g/mol. The minimum atomic E-state index is -3.38. The number of hydrogen-bond acceptors (Lipinski definition) is 3. The largest absolute Gasteiger partial charge is 0.242 e. The Bertz CT molecular complexity index is 501. The van der Waals surface area contributed by atoms with Crippen molar-refractivity contribution in [3.05, 3.63) is 40.3 Å². The van der Waals surface area contributed by atoms with Gasteiger partial charge in [-0.15, -0.1) is 0 Å². The summed E-state index contributed by atoms with van der Waals surface area (Å²) in [6.07, 6.45) is 0. The molecule has 1 aromatic carbocycles. The third-order valence-electron chi connectivity index (χ3n) is 2.02. The van der Waals surface area contributed by atoms with Crippen molar-refractivity contribution in [1.82, 2.24) is 4.31 Å². The molecule has 7 heteroatoms. The van der Waals surface area contributed by atoms with Gasteiger partial charge in [0, 0.05) is 19.0 Å². The lowest BCUT2D eigenvalue weighted by molar-refractivity contribution is 0.520. The van der Waals surface area contributed by atoms with Crippen molar-refractivity contribution in [2.75, 3.05) is 14.1 Å². The van der Waals surface area contributed by atoms with E-state index in [1.165, 1.54) is 26.2 Å². The van der Waals surface area contributed by atoms with Crippen LogP contribution in [-0.4, -0.2) is 26.8 Å². The van der Waals surface area contributed by atoms with E-state index < -0.39 is 10.0 Å². The molecule has 0 radical (unpaired) electrons. The molecule has 0 aliphatic rings. The Labute approximate surface area is 94.2 Å². The summed E-state index contributed by atoms with van der Waals surface area (Å²) < 4.78 is 24.6. The first kappa shape index (κ1) is 12.5. The van der Waals surface area contributed by atoms with Crippen LogP contribution in [0.3, 0.4) is 0 Å². The molecular formula is C9H12N4O2S. The van der Waals surface area contributed by atoms with E-state index in [1.807, 2.05) is 0 Å². The molecular weight excluding hydrogens is 228 g/mol. The molecule has 6 nitrogen and oxygen atoms in total. The van der Waals surface area contributed by atoms with Crippen molar-refractivity contribution in [1.29, 1.82) is 0 Å². The fourth-order valence-corrected chi connectivity index (χ4v) is 1.99. The van der Waals surface area contributed by atoms with Crippen molar-refractivity contribution in [3.8, 4) is 0 Å². The highest BCUT2D eigenvalue weighted by atomic mass is 32.2. The van der Waals surface area contributed by atoms with Gasteiger partial charge in [0.2, 0.25) is 10.0 Å².